The summed E-state index contributed by atoms with van der Waals surface area (Å²) >= 11 is 5.77. The summed E-state index contributed by atoms with van der Waals surface area (Å²) in [7, 11) is 0. The highest BCUT2D eigenvalue weighted by molar-refractivity contribution is 6.28. The van der Waals surface area contributed by atoms with Gasteiger partial charge in [-0.25, -0.2) is 14.8 Å². The van der Waals surface area contributed by atoms with E-state index in [0.717, 1.165) is 11.3 Å². The Balaban J connectivity index is 2.23. The number of anilines is 2. The van der Waals surface area contributed by atoms with Gasteiger partial charge in [-0.1, -0.05) is 6.07 Å². The highest BCUT2D eigenvalue weighted by Crippen LogP contribution is 2.20. The van der Waals surface area contributed by atoms with E-state index in [1.54, 1.807) is 31.3 Å². The van der Waals surface area contributed by atoms with E-state index in [9.17, 15) is 4.79 Å². The smallest absolute Gasteiger partial charge is 0.338 e. The molecule has 6 heteroatoms. The Morgan fingerprint density at radius 2 is 2.25 bits per heavy atom. The van der Waals surface area contributed by atoms with E-state index in [1.165, 1.54) is 0 Å². The number of aromatic nitrogens is 2. The molecule has 1 N–H and O–H groups in total. The van der Waals surface area contributed by atoms with Crippen molar-refractivity contribution in [1.82, 2.24) is 9.97 Å². The van der Waals surface area contributed by atoms with Gasteiger partial charge in [0.15, 0.2) is 0 Å². The molecule has 0 saturated carbocycles. The summed E-state index contributed by atoms with van der Waals surface area (Å²) in [4.78, 5) is 19.7. The highest BCUT2D eigenvalue weighted by atomic mass is 35.5. The molecule has 2 rings (SSSR count). The Kier molecular flexibility index (Phi) is 4.53. The van der Waals surface area contributed by atoms with Crippen LogP contribution in [0.15, 0.2) is 30.5 Å². The number of carbonyl (C=O) groups is 1. The van der Waals surface area contributed by atoms with Crippen LogP contribution < -0.4 is 5.32 Å². The first-order valence-electron chi connectivity index (χ1n) is 6.13. The van der Waals surface area contributed by atoms with Crippen LogP contribution in [0.4, 0.5) is 11.5 Å². The minimum atomic E-state index is -0.353. The molecule has 0 aliphatic heterocycles. The van der Waals surface area contributed by atoms with Gasteiger partial charge in [-0.05, 0) is 43.6 Å². The number of hydrogen-bond acceptors (Lipinski definition) is 5. The van der Waals surface area contributed by atoms with Gasteiger partial charge in [-0.2, -0.15) is 0 Å². The minimum Gasteiger partial charge on any atom is -0.462 e. The van der Waals surface area contributed by atoms with E-state index in [2.05, 4.69) is 15.3 Å². The van der Waals surface area contributed by atoms with Crippen LogP contribution in [-0.4, -0.2) is 22.5 Å². The lowest BCUT2D eigenvalue weighted by Crippen LogP contribution is -2.05. The first kappa shape index (κ1) is 14.3. The van der Waals surface area contributed by atoms with Crippen molar-refractivity contribution in [2.75, 3.05) is 11.9 Å². The van der Waals surface area contributed by atoms with E-state index in [4.69, 9.17) is 16.3 Å². The van der Waals surface area contributed by atoms with Gasteiger partial charge in [-0.15, -0.1) is 0 Å². The number of aryl methyl sites for hydroxylation is 1. The number of esters is 1. The summed E-state index contributed by atoms with van der Waals surface area (Å²) in [6.07, 6.45) is 1.63. The lowest BCUT2D eigenvalue weighted by atomic mass is 10.2. The Bertz CT molecular complexity index is 632. The van der Waals surface area contributed by atoms with Crippen LogP contribution in [0.2, 0.25) is 5.28 Å². The molecule has 0 fully saturated rings. The zero-order valence-electron chi connectivity index (χ0n) is 11.2. The fourth-order valence-corrected chi connectivity index (χ4v) is 1.76. The van der Waals surface area contributed by atoms with Crippen molar-refractivity contribution in [3.8, 4) is 0 Å². The van der Waals surface area contributed by atoms with Gasteiger partial charge in [0.05, 0.1) is 12.2 Å². The number of nitrogens with one attached hydrogen (secondary N) is 1. The Hall–Kier alpha value is -2.14. The number of benzene rings is 1. The van der Waals surface area contributed by atoms with E-state index in [-0.39, 0.29) is 11.3 Å². The SMILES string of the molecule is CCOC(=O)c1cccc(Nc2nc(Cl)ncc2C)c1. The van der Waals surface area contributed by atoms with Gasteiger partial charge in [0.1, 0.15) is 5.82 Å². The van der Waals surface area contributed by atoms with Crippen molar-refractivity contribution in [1.29, 1.82) is 0 Å². The van der Waals surface area contributed by atoms with Crippen molar-refractivity contribution in [2.24, 2.45) is 0 Å². The molecule has 5 nitrogen and oxygen atoms in total. The average Bonchev–Trinajstić information content (AvgIpc) is 2.43. The summed E-state index contributed by atoms with van der Waals surface area (Å²) < 4.78 is 4.96. The Morgan fingerprint density at radius 1 is 1.45 bits per heavy atom. The van der Waals surface area contributed by atoms with Crippen LogP contribution in [0.1, 0.15) is 22.8 Å². The third kappa shape index (κ3) is 3.45. The normalized spacial score (nSPS) is 10.2. The van der Waals surface area contributed by atoms with Crippen molar-refractivity contribution < 1.29 is 9.53 Å². The van der Waals surface area contributed by atoms with Crippen molar-refractivity contribution in [3.63, 3.8) is 0 Å². The van der Waals surface area contributed by atoms with Crippen LogP contribution in [0.3, 0.4) is 0 Å². The molecular formula is C14H14ClN3O2. The van der Waals surface area contributed by atoms with E-state index >= 15 is 0 Å². The predicted molar refractivity (Wildman–Crippen MR) is 77.5 cm³/mol. The molecule has 2 aromatic rings. The zero-order chi connectivity index (χ0) is 14.5. The van der Waals surface area contributed by atoms with Crippen molar-refractivity contribution in [3.05, 3.63) is 46.9 Å². The van der Waals surface area contributed by atoms with E-state index in [1.807, 2.05) is 13.0 Å². The second-order valence-corrected chi connectivity index (χ2v) is 4.43. The fourth-order valence-electron chi connectivity index (χ4n) is 1.62. The van der Waals surface area contributed by atoms with Gasteiger partial charge < -0.3 is 10.1 Å². The molecule has 0 aliphatic rings. The largest absolute Gasteiger partial charge is 0.462 e. The van der Waals surface area contributed by atoms with Crippen LogP contribution in [0.25, 0.3) is 0 Å². The first-order chi connectivity index (χ1) is 9.60. The first-order valence-corrected chi connectivity index (χ1v) is 6.51. The maximum Gasteiger partial charge on any atom is 0.338 e. The molecule has 20 heavy (non-hydrogen) atoms. The maximum atomic E-state index is 11.7. The summed E-state index contributed by atoms with van der Waals surface area (Å²) in [5.74, 6) is 0.250. The fraction of sp³-hybridized carbons (Fsp3) is 0.214. The molecular weight excluding hydrogens is 278 g/mol. The molecule has 0 amide bonds. The summed E-state index contributed by atoms with van der Waals surface area (Å²) in [5, 5.41) is 3.27. The Morgan fingerprint density at radius 3 is 3.00 bits per heavy atom. The molecule has 104 valence electrons. The minimum absolute atomic E-state index is 0.166. The molecule has 0 bridgehead atoms. The number of rotatable bonds is 4. The third-order valence-corrected chi connectivity index (χ3v) is 2.76. The topological polar surface area (TPSA) is 64.1 Å². The van der Waals surface area contributed by atoms with Gasteiger partial charge in [0, 0.05) is 17.4 Å². The zero-order valence-corrected chi connectivity index (χ0v) is 11.9. The van der Waals surface area contributed by atoms with Crippen LogP contribution in [-0.2, 0) is 4.74 Å². The lowest BCUT2D eigenvalue weighted by molar-refractivity contribution is 0.0526. The summed E-state index contributed by atoms with van der Waals surface area (Å²) in [5.41, 5.74) is 2.07. The van der Waals surface area contributed by atoms with E-state index in [0.29, 0.717) is 18.0 Å². The molecule has 1 heterocycles. The van der Waals surface area contributed by atoms with Crippen LogP contribution in [0, 0.1) is 6.92 Å². The van der Waals surface area contributed by atoms with E-state index < -0.39 is 0 Å². The van der Waals surface area contributed by atoms with Gasteiger partial charge in [-0.3, -0.25) is 0 Å². The monoisotopic (exact) mass is 291 g/mol. The third-order valence-electron chi connectivity index (χ3n) is 2.58. The standard InChI is InChI=1S/C14H14ClN3O2/c1-3-20-13(19)10-5-4-6-11(7-10)17-12-9(2)8-16-14(15)18-12/h4-8H,3H2,1-2H3,(H,16,17,18). The molecule has 1 aromatic carbocycles. The van der Waals surface area contributed by atoms with Gasteiger partial charge >= 0.3 is 5.97 Å². The molecule has 0 spiro atoms. The quantitative estimate of drug-likeness (QED) is 0.691. The number of ether oxygens (including phenoxy) is 1. The molecule has 0 aliphatic carbocycles. The number of carbonyl (C=O) groups excluding carboxylic acids is 1. The predicted octanol–water partition coefficient (Wildman–Crippen LogP) is 3.36. The molecule has 0 radical (unpaired) electrons. The van der Waals surface area contributed by atoms with Gasteiger partial charge in [0.25, 0.3) is 0 Å². The molecule has 0 saturated heterocycles. The molecule has 0 atom stereocenters. The highest BCUT2D eigenvalue weighted by Gasteiger charge is 2.08. The second kappa shape index (κ2) is 6.34. The number of halogens is 1. The second-order valence-electron chi connectivity index (χ2n) is 4.10. The Labute approximate surface area is 122 Å². The van der Waals surface area contributed by atoms with Crippen molar-refractivity contribution >= 4 is 29.1 Å². The molecule has 0 unspecified atom stereocenters. The number of nitrogens with zero attached hydrogens (tertiary/aromatic N) is 2. The van der Waals surface area contributed by atoms with Gasteiger partial charge in [0.2, 0.25) is 5.28 Å². The average molecular weight is 292 g/mol. The molecule has 1 aromatic heterocycles. The maximum absolute atomic E-state index is 11.7. The van der Waals surface area contributed by atoms with Crippen LogP contribution >= 0.6 is 11.6 Å². The van der Waals surface area contributed by atoms with Crippen molar-refractivity contribution in [2.45, 2.75) is 13.8 Å². The number of hydrogen-bond donors (Lipinski definition) is 1. The summed E-state index contributed by atoms with van der Waals surface area (Å²) in [6.45, 7) is 3.98. The van der Waals surface area contributed by atoms with Crippen LogP contribution in [0.5, 0.6) is 0 Å². The lowest BCUT2D eigenvalue weighted by Gasteiger charge is -2.09. The summed E-state index contributed by atoms with van der Waals surface area (Å²) in [6, 6.07) is 7.00.